The van der Waals surface area contributed by atoms with Crippen molar-refractivity contribution in [3.05, 3.63) is 33.7 Å². The summed E-state index contributed by atoms with van der Waals surface area (Å²) in [6.45, 7) is 11.0. The highest BCUT2D eigenvalue weighted by Crippen LogP contribution is 2.31. The Morgan fingerprint density at radius 2 is 2.18 bits per heavy atom. The van der Waals surface area contributed by atoms with Gasteiger partial charge in [-0.3, -0.25) is 14.5 Å². The number of ether oxygens (including phenoxy) is 1. The van der Waals surface area contributed by atoms with Gasteiger partial charge in [-0.2, -0.15) is 0 Å². The number of fused-ring (bicyclic) bond motifs is 1. The van der Waals surface area contributed by atoms with Crippen molar-refractivity contribution < 1.29 is 13.7 Å². The predicted molar refractivity (Wildman–Crippen MR) is 116 cm³/mol. The molecule has 28 heavy (non-hydrogen) atoms. The minimum absolute atomic E-state index is 0.0473. The van der Waals surface area contributed by atoms with Crippen molar-refractivity contribution in [2.45, 2.75) is 58.6 Å². The molecule has 0 spiro atoms. The fourth-order valence-corrected chi connectivity index (χ4v) is 4.02. The van der Waals surface area contributed by atoms with E-state index in [4.69, 9.17) is 10.5 Å². The second-order valence-corrected chi connectivity index (χ2v) is 10.2. The zero-order valence-electron chi connectivity index (χ0n) is 17.0. The number of thiazole rings is 1. The highest BCUT2D eigenvalue weighted by atomic mass is 32.2. The number of allylic oxidation sites excluding steroid dienone is 1. The van der Waals surface area contributed by atoms with Gasteiger partial charge in [-0.25, -0.2) is 9.78 Å². The van der Waals surface area contributed by atoms with Crippen molar-refractivity contribution in [3.8, 4) is 0 Å². The van der Waals surface area contributed by atoms with Gasteiger partial charge in [0.2, 0.25) is 0 Å². The molecule has 2 atom stereocenters. The third-order valence-corrected chi connectivity index (χ3v) is 5.89. The molecule has 154 valence electrons. The fourth-order valence-electron chi connectivity index (χ4n) is 2.61. The molecule has 1 aromatic rings. The van der Waals surface area contributed by atoms with Gasteiger partial charge in [-0.05, 0) is 52.2 Å². The van der Waals surface area contributed by atoms with E-state index in [0.717, 1.165) is 35.4 Å². The molecule has 1 aliphatic rings. The van der Waals surface area contributed by atoms with Crippen LogP contribution in [0.1, 0.15) is 44.7 Å². The van der Waals surface area contributed by atoms with Crippen molar-refractivity contribution in [2.24, 2.45) is 10.7 Å². The highest BCUT2D eigenvalue weighted by Gasteiger charge is 2.24. The number of nitrogens with two attached hydrogens (primary N) is 1. The summed E-state index contributed by atoms with van der Waals surface area (Å²) in [4.78, 5) is 22.7. The summed E-state index contributed by atoms with van der Waals surface area (Å²) >= 11 is 1.44. The number of anilines is 1. The number of hydrogen-bond acceptors (Lipinski definition) is 6. The van der Waals surface area contributed by atoms with E-state index in [1.165, 1.54) is 11.3 Å². The number of aliphatic imine (C=N–C) groups is 1. The second-order valence-electron chi connectivity index (χ2n) is 7.67. The number of nitrogens with one attached hydrogen (secondary N) is 1. The van der Waals surface area contributed by atoms with E-state index in [0.29, 0.717) is 15.9 Å². The number of hydrogen-bond donors (Lipinski definition) is 2. The third-order valence-electron chi connectivity index (χ3n) is 3.99. The van der Waals surface area contributed by atoms with E-state index < -0.39 is 22.5 Å². The number of amidine groups is 1. The van der Waals surface area contributed by atoms with Gasteiger partial charge in [0.25, 0.3) is 0 Å². The maximum atomic E-state index is 11.9. The monoisotopic (exact) mass is 424 g/mol. The first kappa shape index (κ1) is 22.3. The van der Waals surface area contributed by atoms with E-state index in [9.17, 15) is 9.00 Å². The van der Waals surface area contributed by atoms with E-state index in [1.807, 2.05) is 27.7 Å². The normalized spacial score (nSPS) is 19.0. The summed E-state index contributed by atoms with van der Waals surface area (Å²) < 4.78 is 16.7. The van der Waals surface area contributed by atoms with Gasteiger partial charge >= 0.3 is 6.09 Å². The van der Waals surface area contributed by atoms with Crippen LogP contribution in [0.2, 0.25) is 0 Å². The van der Waals surface area contributed by atoms with Gasteiger partial charge in [-0.15, -0.1) is 11.3 Å². The number of rotatable bonds is 5. The molecule has 2 rings (SSSR count). The Hall–Kier alpha value is -2.00. The molecule has 2 unspecified atom stereocenters. The van der Waals surface area contributed by atoms with Crippen LogP contribution in [0.25, 0.3) is 0 Å². The first-order valence-electron chi connectivity index (χ1n) is 8.97. The maximum Gasteiger partial charge on any atom is 0.413 e. The first-order chi connectivity index (χ1) is 12.9. The van der Waals surface area contributed by atoms with Crippen molar-refractivity contribution >= 4 is 39.2 Å². The number of amides is 1. The van der Waals surface area contributed by atoms with E-state index in [-0.39, 0.29) is 6.04 Å². The molecule has 0 aromatic carbocycles. The van der Waals surface area contributed by atoms with Crippen LogP contribution in [0.5, 0.6) is 0 Å². The quantitative estimate of drug-likeness (QED) is 0.427. The van der Waals surface area contributed by atoms with Gasteiger partial charge in [0, 0.05) is 33.3 Å². The van der Waals surface area contributed by atoms with Crippen LogP contribution in [-0.2, 0) is 28.4 Å². The average Bonchev–Trinajstić information content (AvgIpc) is 2.93. The van der Waals surface area contributed by atoms with E-state index >= 15 is 0 Å². The molecular formula is C19H28N4O3S2. The molecule has 0 saturated carbocycles. The van der Waals surface area contributed by atoms with Crippen molar-refractivity contribution in [1.29, 1.82) is 0 Å². The Kier molecular flexibility index (Phi) is 7.16. The number of aromatic nitrogens is 1. The Morgan fingerprint density at radius 1 is 1.50 bits per heavy atom. The summed E-state index contributed by atoms with van der Waals surface area (Å²) in [5, 5.41) is 3.24. The van der Waals surface area contributed by atoms with Crippen LogP contribution in [0.4, 0.5) is 9.93 Å². The van der Waals surface area contributed by atoms with Crippen LogP contribution in [-0.4, -0.2) is 39.0 Å². The average molecular weight is 425 g/mol. The van der Waals surface area contributed by atoms with Gasteiger partial charge in [0.15, 0.2) is 5.13 Å². The Bertz CT molecular complexity index is 850. The Labute approximate surface area is 172 Å². The molecule has 1 amide bonds. The molecule has 7 nitrogen and oxygen atoms in total. The topological polar surface area (TPSA) is 107 Å². The molecule has 1 aromatic heterocycles. The first-order valence-corrected chi connectivity index (χ1v) is 11.3. The summed E-state index contributed by atoms with van der Waals surface area (Å²) in [7, 11) is -1.13. The summed E-state index contributed by atoms with van der Waals surface area (Å²) in [6, 6.07) is 0.0473. The second kappa shape index (κ2) is 9.00. The van der Waals surface area contributed by atoms with Crippen molar-refractivity contribution in [2.75, 3.05) is 11.6 Å². The Balaban J connectivity index is 2.04. The number of aryl methyl sites for hydroxylation is 1. The lowest BCUT2D eigenvalue weighted by Crippen LogP contribution is -2.27. The van der Waals surface area contributed by atoms with Crippen LogP contribution < -0.4 is 11.1 Å². The zero-order chi connectivity index (χ0) is 21.1. The lowest BCUT2D eigenvalue weighted by Gasteiger charge is -2.18. The molecule has 9 heteroatoms. The lowest BCUT2D eigenvalue weighted by molar-refractivity contribution is 0.0636. The molecule has 3 N–H and O–H groups in total. The molecule has 0 radical (unpaired) electrons. The van der Waals surface area contributed by atoms with E-state index in [1.54, 1.807) is 12.3 Å². The smallest absolute Gasteiger partial charge is 0.413 e. The standard InChI is InChI=1S/C19H28N4O3S2/c1-11(9-12(2)28(6)25)16(20)21-13-7-8-14-15(10-13)27-17(22-14)23-18(24)26-19(3,4)5/h9,13H,2,7-8,10H2,1,3-6H3,(H2,20,21)(H,22,23,24)/b11-9+. The van der Waals surface area contributed by atoms with Gasteiger partial charge in [0.1, 0.15) is 11.4 Å². The molecule has 0 saturated heterocycles. The SMILES string of the molecule is C=C(/C=C(\C)C(N)=NC1CCc2nc(NC(=O)OC(C)(C)C)sc2C1)S(C)=O. The number of carbonyl (C=O) groups excluding carboxylic acids is 1. The minimum Gasteiger partial charge on any atom is -0.444 e. The molecule has 0 fully saturated rings. The summed E-state index contributed by atoms with van der Waals surface area (Å²) in [5.74, 6) is 0.427. The zero-order valence-corrected chi connectivity index (χ0v) is 18.6. The van der Waals surface area contributed by atoms with Crippen LogP contribution in [0.15, 0.2) is 28.1 Å². The molecule has 0 aliphatic heterocycles. The van der Waals surface area contributed by atoms with Crippen LogP contribution in [0, 0.1) is 0 Å². The van der Waals surface area contributed by atoms with Crippen molar-refractivity contribution in [3.63, 3.8) is 0 Å². The molecule has 1 aliphatic carbocycles. The maximum absolute atomic E-state index is 11.9. The van der Waals surface area contributed by atoms with Crippen molar-refractivity contribution in [1.82, 2.24) is 4.98 Å². The fraction of sp³-hybridized carbons (Fsp3) is 0.526. The van der Waals surface area contributed by atoms with Crippen LogP contribution >= 0.6 is 11.3 Å². The van der Waals surface area contributed by atoms with Crippen LogP contribution in [0.3, 0.4) is 0 Å². The summed E-state index contributed by atoms with van der Waals surface area (Å²) in [6.07, 6.45) is 5.10. The largest absolute Gasteiger partial charge is 0.444 e. The van der Waals surface area contributed by atoms with E-state index in [2.05, 4.69) is 21.9 Å². The van der Waals surface area contributed by atoms with Gasteiger partial charge in [0.05, 0.1) is 11.7 Å². The summed E-state index contributed by atoms with van der Waals surface area (Å²) in [5.41, 5.74) is 7.29. The Morgan fingerprint density at radius 3 is 2.79 bits per heavy atom. The number of nitrogens with zero attached hydrogens (tertiary/aromatic N) is 2. The van der Waals surface area contributed by atoms with Gasteiger partial charge in [-0.1, -0.05) is 6.58 Å². The lowest BCUT2D eigenvalue weighted by atomic mass is 9.98. The predicted octanol–water partition coefficient (Wildman–Crippen LogP) is 3.54. The highest BCUT2D eigenvalue weighted by molar-refractivity contribution is 7.88. The third kappa shape index (κ3) is 6.56. The molecular weight excluding hydrogens is 396 g/mol. The molecule has 1 heterocycles. The number of carbonyl (C=O) groups is 1. The molecule has 0 bridgehead atoms. The minimum atomic E-state index is -1.13. The van der Waals surface area contributed by atoms with Gasteiger partial charge < -0.3 is 10.5 Å².